The quantitative estimate of drug-likeness (QED) is 0.688. The van der Waals surface area contributed by atoms with Crippen LogP contribution in [0.3, 0.4) is 0 Å². The Bertz CT molecular complexity index is 419. The summed E-state index contributed by atoms with van der Waals surface area (Å²) in [6.07, 6.45) is 7.79. The lowest BCUT2D eigenvalue weighted by atomic mass is 10.1. The minimum absolute atomic E-state index is 0.967. The molecule has 0 radical (unpaired) electrons. The van der Waals surface area contributed by atoms with E-state index in [1.807, 2.05) is 6.07 Å². The molecule has 2 aromatic rings. The van der Waals surface area contributed by atoms with Crippen molar-refractivity contribution in [1.29, 1.82) is 0 Å². The molecule has 0 saturated heterocycles. The largest absolute Gasteiger partial charge is 0.443 e. The highest BCUT2D eigenvalue weighted by molar-refractivity contribution is 5.75. The number of aromatic nitrogens is 1. The molecule has 0 saturated carbocycles. The van der Waals surface area contributed by atoms with Crippen LogP contribution < -0.4 is 0 Å². The van der Waals surface area contributed by atoms with E-state index in [2.05, 4.69) is 24.0 Å². The van der Waals surface area contributed by atoms with Crippen molar-refractivity contribution in [2.75, 3.05) is 0 Å². The van der Waals surface area contributed by atoms with Gasteiger partial charge in [0.25, 0.3) is 0 Å². The molecule has 15 heavy (non-hydrogen) atoms. The second kappa shape index (κ2) is 4.96. The number of benzene rings is 1. The fourth-order valence-corrected chi connectivity index (χ4v) is 1.88. The third-order valence-corrected chi connectivity index (χ3v) is 2.74. The third-order valence-electron chi connectivity index (χ3n) is 2.74. The van der Waals surface area contributed by atoms with Gasteiger partial charge in [0.2, 0.25) is 0 Å². The second-order valence-corrected chi connectivity index (χ2v) is 3.93. The van der Waals surface area contributed by atoms with Gasteiger partial charge in [-0.05, 0) is 24.5 Å². The molecule has 0 spiro atoms. The van der Waals surface area contributed by atoms with Crippen molar-refractivity contribution in [3.8, 4) is 0 Å². The van der Waals surface area contributed by atoms with Gasteiger partial charge in [0.1, 0.15) is 5.52 Å². The molecule has 0 fully saturated rings. The molecule has 1 aromatic heterocycles. The number of aryl methyl sites for hydroxylation is 1. The Labute approximate surface area is 90.3 Å². The fraction of sp³-hybridized carbons (Fsp3) is 0.462. The maximum absolute atomic E-state index is 5.39. The van der Waals surface area contributed by atoms with Gasteiger partial charge in [-0.2, -0.15) is 0 Å². The van der Waals surface area contributed by atoms with Crippen LogP contribution in [-0.2, 0) is 6.42 Å². The van der Waals surface area contributed by atoms with Gasteiger partial charge in [-0.1, -0.05) is 38.3 Å². The zero-order valence-electron chi connectivity index (χ0n) is 9.20. The van der Waals surface area contributed by atoms with Gasteiger partial charge in [0.15, 0.2) is 12.0 Å². The van der Waals surface area contributed by atoms with E-state index < -0.39 is 0 Å². The summed E-state index contributed by atoms with van der Waals surface area (Å²) in [4.78, 5) is 4.16. The molecule has 1 aromatic carbocycles. The summed E-state index contributed by atoms with van der Waals surface area (Å²) in [6.45, 7) is 2.23. The Morgan fingerprint density at radius 1 is 1.20 bits per heavy atom. The van der Waals surface area contributed by atoms with Gasteiger partial charge in [-0.3, -0.25) is 0 Å². The first-order valence-corrected chi connectivity index (χ1v) is 5.73. The van der Waals surface area contributed by atoms with Crippen molar-refractivity contribution in [1.82, 2.24) is 4.98 Å². The van der Waals surface area contributed by atoms with Gasteiger partial charge < -0.3 is 4.42 Å². The summed E-state index contributed by atoms with van der Waals surface area (Å²) in [6, 6.07) is 6.19. The lowest BCUT2D eigenvalue weighted by molar-refractivity contribution is 0.593. The van der Waals surface area contributed by atoms with Crippen LogP contribution >= 0.6 is 0 Å². The van der Waals surface area contributed by atoms with E-state index >= 15 is 0 Å². The molecule has 0 atom stereocenters. The predicted octanol–water partition coefficient (Wildman–Crippen LogP) is 3.95. The molecule has 0 aliphatic carbocycles. The maximum atomic E-state index is 5.39. The van der Waals surface area contributed by atoms with E-state index in [1.165, 1.54) is 37.6 Å². The number of oxazole rings is 1. The van der Waals surface area contributed by atoms with Gasteiger partial charge in [-0.15, -0.1) is 0 Å². The summed E-state index contributed by atoms with van der Waals surface area (Å²) in [5.74, 6) is 0. The molecule has 0 aliphatic rings. The minimum Gasteiger partial charge on any atom is -0.443 e. The summed E-state index contributed by atoms with van der Waals surface area (Å²) >= 11 is 0. The van der Waals surface area contributed by atoms with Crippen LogP contribution in [0.4, 0.5) is 0 Å². The maximum Gasteiger partial charge on any atom is 0.181 e. The zero-order valence-corrected chi connectivity index (χ0v) is 9.20. The molecule has 0 N–H and O–H groups in total. The van der Waals surface area contributed by atoms with E-state index in [-0.39, 0.29) is 0 Å². The van der Waals surface area contributed by atoms with Crippen LogP contribution in [0.15, 0.2) is 29.0 Å². The Morgan fingerprint density at radius 3 is 3.00 bits per heavy atom. The molecule has 0 unspecified atom stereocenters. The number of fused-ring (bicyclic) bond motifs is 1. The molecule has 2 nitrogen and oxygen atoms in total. The number of hydrogen-bond acceptors (Lipinski definition) is 2. The van der Waals surface area contributed by atoms with E-state index in [1.54, 1.807) is 0 Å². The number of unbranched alkanes of at least 4 members (excludes halogenated alkanes) is 3. The second-order valence-electron chi connectivity index (χ2n) is 3.93. The fourth-order valence-electron chi connectivity index (χ4n) is 1.88. The lowest BCUT2D eigenvalue weighted by Gasteiger charge is -2.01. The Hall–Kier alpha value is -1.31. The smallest absolute Gasteiger partial charge is 0.181 e. The first-order valence-electron chi connectivity index (χ1n) is 5.73. The van der Waals surface area contributed by atoms with Gasteiger partial charge in [0.05, 0.1) is 0 Å². The van der Waals surface area contributed by atoms with Gasteiger partial charge in [0, 0.05) is 0 Å². The molecule has 80 valence electrons. The summed E-state index contributed by atoms with van der Waals surface area (Å²) in [7, 11) is 0. The van der Waals surface area contributed by atoms with Crippen molar-refractivity contribution in [3.63, 3.8) is 0 Å². The highest BCUT2D eigenvalue weighted by Gasteiger charge is 2.03. The van der Waals surface area contributed by atoms with Crippen molar-refractivity contribution < 1.29 is 4.42 Å². The van der Waals surface area contributed by atoms with Crippen molar-refractivity contribution in [3.05, 3.63) is 30.2 Å². The standard InChI is InChI=1S/C13H17NO/c1-2-3-4-5-7-11-8-6-9-12-13(11)15-10-14-12/h6,8-10H,2-5,7H2,1H3. The first-order chi connectivity index (χ1) is 7.42. The minimum atomic E-state index is 0.967. The predicted molar refractivity (Wildman–Crippen MR) is 61.9 cm³/mol. The average molecular weight is 203 g/mol. The number of rotatable bonds is 5. The summed E-state index contributed by atoms with van der Waals surface area (Å²) in [5.41, 5.74) is 3.23. The molecule has 0 bridgehead atoms. The molecule has 2 rings (SSSR count). The van der Waals surface area contributed by atoms with E-state index in [0.29, 0.717) is 0 Å². The SMILES string of the molecule is CCCCCCc1cccc2ncoc12. The number of para-hydroxylation sites is 1. The van der Waals surface area contributed by atoms with Crippen molar-refractivity contribution >= 4 is 11.1 Å². The molecular formula is C13H17NO. The van der Waals surface area contributed by atoms with Crippen LogP contribution in [0.1, 0.15) is 38.2 Å². The van der Waals surface area contributed by atoms with Crippen LogP contribution in [0.25, 0.3) is 11.1 Å². The highest BCUT2D eigenvalue weighted by Crippen LogP contribution is 2.19. The Morgan fingerprint density at radius 2 is 2.13 bits per heavy atom. The highest BCUT2D eigenvalue weighted by atomic mass is 16.3. The normalized spacial score (nSPS) is 11.0. The summed E-state index contributed by atoms with van der Waals surface area (Å²) < 4.78 is 5.39. The third kappa shape index (κ3) is 2.38. The van der Waals surface area contributed by atoms with Crippen molar-refractivity contribution in [2.24, 2.45) is 0 Å². The van der Waals surface area contributed by atoms with Gasteiger partial charge in [-0.25, -0.2) is 4.98 Å². The molecular weight excluding hydrogens is 186 g/mol. The van der Waals surface area contributed by atoms with Crippen LogP contribution in [-0.4, -0.2) is 4.98 Å². The number of hydrogen-bond donors (Lipinski definition) is 0. The van der Waals surface area contributed by atoms with E-state index in [9.17, 15) is 0 Å². The number of nitrogens with zero attached hydrogens (tertiary/aromatic N) is 1. The van der Waals surface area contributed by atoms with Gasteiger partial charge >= 0.3 is 0 Å². The van der Waals surface area contributed by atoms with Crippen LogP contribution in [0.2, 0.25) is 0 Å². The van der Waals surface area contributed by atoms with Crippen molar-refractivity contribution in [2.45, 2.75) is 39.0 Å². The van der Waals surface area contributed by atoms with E-state index in [4.69, 9.17) is 4.42 Å². The van der Waals surface area contributed by atoms with Crippen LogP contribution in [0.5, 0.6) is 0 Å². The topological polar surface area (TPSA) is 26.0 Å². The zero-order chi connectivity index (χ0) is 10.5. The van der Waals surface area contributed by atoms with E-state index in [0.717, 1.165) is 17.5 Å². The first kappa shape index (κ1) is 10.2. The Balaban J connectivity index is 2.04. The summed E-state index contributed by atoms with van der Waals surface area (Å²) in [5, 5.41) is 0. The Kier molecular flexibility index (Phi) is 3.38. The molecule has 1 heterocycles. The molecule has 0 amide bonds. The van der Waals surface area contributed by atoms with Crippen LogP contribution in [0, 0.1) is 0 Å². The molecule has 0 aliphatic heterocycles. The molecule has 2 heteroatoms. The monoisotopic (exact) mass is 203 g/mol. The lowest BCUT2D eigenvalue weighted by Crippen LogP contribution is -1.86. The average Bonchev–Trinajstić information content (AvgIpc) is 2.73.